The molecule has 1 saturated heterocycles. The molecule has 0 aliphatic carbocycles. The Morgan fingerprint density at radius 1 is 1.50 bits per heavy atom. The highest BCUT2D eigenvalue weighted by Gasteiger charge is 2.26. The van der Waals surface area contributed by atoms with Crippen molar-refractivity contribution in [3.8, 4) is 5.75 Å². The molecule has 1 heterocycles. The van der Waals surface area contributed by atoms with Crippen molar-refractivity contribution in [2.45, 2.75) is 32.4 Å². The van der Waals surface area contributed by atoms with Crippen molar-refractivity contribution in [2.24, 2.45) is 5.73 Å². The van der Waals surface area contributed by atoms with E-state index in [-0.39, 0.29) is 30.5 Å². The van der Waals surface area contributed by atoms with Crippen molar-refractivity contribution >= 4 is 29.9 Å². The van der Waals surface area contributed by atoms with E-state index in [1.165, 1.54) is 0 Å². The van der Waals surface area contributed by atoms with Gasteiger partial charge in [-0.1, -0.05) is 11.6 Å². The second-order valence-electron chi connectivity index (χ2n) is 5.11. The summed E-state index contributed by atoms with van der Waals surface area (Å²) in [7, 11) is 0. The van der Waals surface area contributed by atoms with Gasteiger partial charge in [-0.05, 0) is 38.5 Å². The zero-order chi connectivity index (χ0) is 14.0. The van der Waals surface area contributed by atoms with E-state index in [2.05, 4.69) is 0 Å². The van der Waals surface area contributed by atoms with Gasteiger partial charge in [0.25, 0.3) is 5.91 Å². The molecule has 1 aliphatic rings. The topological polar surface area (TPSA) is 55.6 Å². The molecule has 0 radical (unpaired) electrons. The maximum atomic E-state index is 12.5. The van der Waals surface area contributed by atoms with E-state index in [0.29, 0.717) is 29.4 Å². The molecule has 1 amide bonds. The third-order valence-electron chi connectivity index (χ3n) is 3.05. The van der Waals surface area contributed by atoms with Gasteiger partial charge in [-0.25, -0.2) is 0 Å². The lowest BCUT2D eigenvalue weighted by Crippen LogP contribution is -2.32. The predicted molar refractivity (Wildman–Crippen MR) is 83.0 cm³/mol. The minimum absolute atomic E-state index is 0. The van der Waals surface area contributed by atoms with Crippen molar-refractivity contribution in [2.75, 3.05) is 13.1 Å². The summed E-state index contributed by atoms with van der Waals surface area (Å²) in [6.45, 7) is 5.13. The van der Waals surface area contributed by atoms with Crippen LogP contribution in [0.5, 0.6) is 5.75 Å². The molecule has 0 aromatic heterocycles. The Morgan fingerprint density at radius 3 is 2.75 bits per heavy atom. The number of hydrogen-bond donors (Lipinski definition) is 1. The second-order valence-corrected chi connectivity index (χ2v) is 5.54. The molecule has 1 fully saturated rings. The molecule has 112 valence electrons. The van der Waals surface area contributed by atoms with Crippen LogP contribution in [-0.4, -0.2) is 36.0 Å². The van der Waals surface area contributed by atoms with Crippen molar-refractivity contribution in [3.63, 3.8) is 0 Å². The molecule has 0 unspecified atom stereocenters. The molecule has 0 bridgehead atoms. The van der Waals surface area contributed by atoms with Crippen molar-refractivity contribution in [1.29, 1.82) is 0 Å². The van der Waals surface area contributed by atoms with Gasteiger partial charge >= 0.3 is 0 Å². The Kier molecular flexibility index (Phi) is 6.11. The average Bonchev–Trinajstić information content (AvgIpc) is 2.77. The highest BCUT2D eigenvalue weighted by atomic mass is 35.5. The van der Waals surface area contributed by atoms with Crippen molar-refractivity contribution < 1.29 is 9.53 Å². The number of amides is 1. The zero-order valence-corrected chi connectivity index (χ0v) is 13.2. The quantitative estimate of drug-likeness (QED) is 0.932. The maximum Gasteiger partial charge on any atom is 0.257 e. The summed E-state index contributed by atoms with van der Waals surface area (Å²) >= 11 is 5.98. The third kappa shape index (κ3) is 4.01. The SMILES string of the molecule is CC(C)Oc1ccc(Cl)cc1C(=O)N1CC[C@@H](N)C1.Cl. The summed E-state index contributed by atoms with van der Waals surface area (Å²) in [6, 6.07) is 5.19. The molecular formula is C14H20Cl2N2O2. The van der Waals surface area contributed by atoms with Gasteiger partial charge < -0.3 is 15.4 Å². The van der Waals surface area contributed by atoms with Gasteiger partial charge in [0.05, 0.1) is 11.7 Å². The number of benzene rings is 1. The first-order valence-corrected chi connectivity index (χ1v) is 6.86. The Labute approximate surface area is 130 Å². The molecule has 1 aliphatic heterocycles. The van der Waals surface area contributed by atoms with E-state index in [4.69, 9.17) is 22.1 Å². The second kappa shape index (κ2) is 7.16. The zero-order valence-electron chi connectivity index (χ0n) is 11.6. The average molecular weight is 319 g/mol. The molecule has 1 atom stereocenters. The first kappa shape index (κ1) is 17.1. The minimum atomic E-state index is -0.0638. The van der Waals surface area contributed by atoms with E-state index in [1.54, 1.807) is 23.1 Å². The summed E-state index contributed by atoms with van der Waals surface area (Å²) in [5, 5.41) is 0.531. The number of rotatable bonds is 3. The molecule has 6 heteroatoms. The Hall–Kier alpha value is -0.970. The lowest BCUT2D eigenvalue weighted by molar-refractivity contribution is 0.0784. The van der Waals surface area contributed by atoms with E-state index >= 15 is 0 Å². The number of carbonyl (C=O) groups excluding carboxylic acids is 1. The molecule has 4 nitrogen and oxygen atoms in total. The highest BCUT2D eigenvalue weighted by Crippen LogP contribution is 2.26. The van der Waals surface area contributed by atoms with E-state index in [1.807, 2.05) is 13.8 Å². The largest absolute Gasteiger partial charge is 0.490 e. The van der Waals surface area contributed by atoms with Gasteiger partial charge in [0.15, 0.2) is 0 Å². The lowest BCUT2D eigenvalue weighted by atomic mass is 10.1. The number of ether oxygens (including phenoxy) is 1. The number of nitrogens with zero attached hydrogens (tertiary/aromatic N) is 1. The standard InChI is InChI=1S/C14H19ClN2O2.ClH/c1-9(2)19-13-4-3-10(15)7-12(13)14(18)17-6-5-11(16)8-17;/h3-4,7,9,11H,5-6,8,16H2,1-2H3;1H/t11-;/m1./s1. The number of likely N-dealkylation sites (tertiary alicyclic amines) is 1. The summed E-state index contributed by atoms with van der Waals surface area (Å²) in [4.78, 5) is 14.2. The van der Waals surface area contributed by atoms with Crippen molar-refractivity contribution in [1.82, 2.24) is 4.90 Å². The van der Waals surface area contributed by atoms with Crippen LogP contribution in [0.3, 0.4) is 0 Å². The number of hydrogen-bond acceptors (Lipinski definition) is 3. The van der Waals surface area contributed by atoms with Crippen LogP contribution in [0.15, 0.2) is 18.2 Å². The molecule has 2 rings (SSSR count). The molecule has 1 aromatic rings. The van der Waals surface area contributed by atoms with Crippen LogP contribution in [0.2, 0.25) is 5.02 Å². The molecule has 0 spiro atoms. The van der Waals surface area contributed by atoms with Gasteiger partial charge in [0, 0.05) is 24.2 Å². The van der Waals surface area contributed by atoms with Crippen LogP contribution < -0.4 is 10.5 Å². The van der Waals surface area contributed by atoms with Crippen LogP contribution in [0.25, 0.3) is 0 Å². The summed E-state index contributed by atoms with van der Waals surface area (Å²) in [5.41, 5.74) is 6.35. The predicted octanol–water partition coefficient (Wildman–Crippen LogP) is 2.72. The van der Waals surface area contributed by atoms with E-state index in [0.717, 1.165) is 6.42 Å². The molecule has 0 saturated carbocycles. The van der Waals surface area contributed by atoms with Gasteiger partial charge in [-0.3, -0.25) is 4.79 Å². The van der Waals surface area contributed by atoms with Crippen molar-refractivity contribution in [3.05, 3.63) is 28.8 Å². The third-order valence-corrected chi connectivity index (χ3v) is 3.28. The van der Waals surface area contributed by atoms with Gasteiger partial charge in [0.1, 0.15) is 5.75 Å². The number of carbonyl (C=O) groups is 1. The van der Waals surface area contributed by atoms with Crippen LogP contribution in [0.1, 0.15) is 30.6 Å². The van der Waals surface area contributed by atoms with Crippen LogP contribution >= 0.6 is 24.0 Å². The Balaban J connectivity index is 0.00000200. The Morgan fingerprint density at radius 2 is 2.20 bits per heavy atom. The van der Waals surface area contributed by atoms with Crippen LogP contribution in [0, 0.1) is 0 Å². The highest BCUT2D eigenvalue weighted by molar-refractivity contribution is 6.31. The normalized spacial score (nSPS) is 18.1. The fraction of sp³-hybridized carbons (Fsp3) is 0.500. The fourth-order valence-electron chi connectivity index (χ4n) is 2.17. The lowest BCUT2D eigenvalue weighted by Gasteiger charge is -2.19. The van der Waals surface area contributed by atoms with Gasteiger partial charge in [-0.15, -0.1) is 12.4 Å². The summed E-state index contributed by atoms with van der Waals surface area (Å²) in [6.07, 6.45) is 0.848. The minimum Gasteiger partial charge on any atom is -0.490 e. The smallest absolute Gasteiger partial charge is 0.257 e. The fourth-order valence-corrected chi connectivity index (χ4v) is 2.34. The molecular weight excluding hydrogens is 299 g/mol. The van der Waals surface area contributed by atoms with Gasteiger partial charge in [-0.2, -0.15) is 0 Å². The monoisotopic (exact) mass is 318 g/mol. The summed E-state index contributed by atoms with van der Waals surface area (Å²) in [5.74, 6) is 0.510. The van der Waals surface area contributed by atoms with E-state index < -0.39 is 0 Å². The van der Waals surface area contributed by atoms with E-state index in [9.17, 15) is 4.79 Å². The van der Waals surface area contributed by atoms with Gasteiger partial charge in [0.2, 0.25) is 0 Å². The van der Waals surface area contributed by atoms with Crippen LogP contribution in [0.4, 0.5) is 0 Å². The first-order valence-electron chi connectivity index (χ1n) is 6.48. The number of nitrogens with two attached hydrogens (primary N) is 1. The maximum absolute atomic E-state index is 12.5. The molecule has 1 aromatic carbocycles. The summed E-state index contributed by atoms with van der Waals surface area (Å²) < 4.78 is 5.67. The first-order chi connectivity index (χ1) is 8.97. The molecule has 2 N–H and O–H groups in total. The Bertz CT molecular complexity index is 480. The molecule has 20 heavy (non-hydrogen) atoms. The number of halogens is 2. The van der Waals surface area contributed by atoms with Crippen LogP contribution in [-0.2, 0) is 0 Å².